The van der Waals surface area contributed by atoms with Gasteiger partial charge in [-0.2, -0.15) is 0 Å². The number of hydrogen-bond acceptors (Lipinski definition) is 3. The Morgan fingerprint density at radius 3 is 2.47 bits per heavy atom. The summed E-state index contributed by atoms with van der Waals surface area (Å²) in [6.45, 7) is 4.36. The largest absolute Gasteiger partial charge is 0.321 e. The molecule has 0 aliphatic carbocycles. The number of nitro benzene ring substituents is 1. The molecule has 2 aromatic rings. The van der Waals surface area contributed by atoms with Crippen LogP contribution in [0.1, 0.15) is 17.0 Å². The number of aromatic nitrogens is 1. The Hall–Kier alpha value is -1.82. The maximum atomic E-state index is 11.0. The minimum absolute atomic E-state index is 0.123. The molecule has 1 aromatic carbocycles. The molecule has 0 aliphatic heterocycles. The second kappa shape index (κ2) is 5.44. The van der Waals surface area contributed by atoms with Gasteiger partial charge in [0.05, 0.1) is 17.0 Å². The summed E-state index contributed by atoms with van der Waals surface area (Å²) in [5.41, 5.74) is 6.09. The lowest BCUT2D eigenvalue weighted by Gasteiger charge is -2.13. The summed E-state index contributed by atoms with van der Waals surface area (Å²) in [7, 11) is 0. The Balaban J connectivity index is 2.24. The molecule has 0 bridgehead atoms. The first-order valence-corrected chi connectivity index (χ1v) is 6.60. The summed E-state index contributed by atoms with van der Waals surface area (Å²) in [5.74, 6) is 0. The number of halogens is 1. The zero-order valence-electron chi connectivity index (χ0n) is 10.7. The Morgan fingerprint density at radius 2 is 1.89 bits per heavy atom. The van der Waals surface area contributed by atoms with Gasteiger partial charge in [-0.25, -0.2) is 0 Å². The van der Waals surface area contributed by atoms with Crippen LogP contribution in [-0.4, -0.2) is 9.60 Å². The van der Waals surface area contributed by atoms with E-state index < -0.39 is 0 Å². The Morgan fingerprint density at radius 1 is 1.26 bits per heavy atom. The first-order valence-electron chi connectivity index (χ1n) is 5.80. The third-order valence-corrected chi connectivity index (χ3v) is 3.43. The van der Waals surface area contributed by atoms with Crippen LogP contribution in [0.5, 0.6) is 0 Å². The molecule has 0 fully saturated rings. The van der Waals surface area contributed by atoms with Crippen LogP contribution in [-0.2, 0) is 6.54 Å². The summed E-state index contributed by atoms with van der Waals surface area (Å²) in [6, 6.07) is 8.94. The summed E-state index contributed by atoms with van der Waals surface area (Å²) < 4.78 is 2.75. The van der Waals surface area contributed by atoms with E-state index >= 15 is 0 Å². The van der Waals surface area contributed by atoms with Crippen molar-refractivity contribution in [3.63, 3.8) is 0 Å². The molecule has 19 heavy (non-hydrogen) atoms. The maximum absolute atomic E-state index is 11.0. The number of nitrogens with one attached hydrogen (secondary N) is 1. The first kappa shape index (κ1) is 13.6. The Labute approximate surface area is 119 Å². The lowest BCUT2D eigenvalue weighted by molar-refractivity contribution is -0.385. The zero-order valence-corrected chi connectivity index (χ0v) is 12.3. The van der Waals surface area contributed by atoms with Gasteiger partial charge in [-0.1, -0.05) is 15.9 Å². The van der Waals surface area contributed by atoms with Gasteiger partial charge in [0.1, 0.15) is 0 Å². The van der Waals surface area contributed by atoms with Gasteiger partial charge in [0.2, 0.25) is 0 Å². The SMILES string of the molecule is Cc1ccc(C)n1NCc1cc(Br)ccc1[N+](=O)[O-]. The van der Waals surface area contributed by atoms with E-state index in [1.165, 1.54) is 6.07 Å². The van der Waals surface area contributed by atoms with E-state index in [-0.39, 0.29) is 10.6 Å². The number of rotatable bonds is 4. The van der Waals surface area contributed by atoms with E-state index in [0.717, 1.165) is 15.9 Å². The Kier molecular flexibility index (Phi) is 3.90. The van der Waals surface area contributed by atoms with Crippen molar-refractivity contribution in [1.29, 1.82) is 0 Å². The summed E-state index contributed by atoms with van der Waals surface area (Å²) in [4.78, 5) is 10.6. The Bertz CT molecular complexity index is 603. The van der Waals surface area contributed by atoms with E-state index in [0.29, 0.717) is 12.1 Å². The van der Waals surface area contributed by atoms with Crippen molar-refractivity contribution in [2.45, 2.75) is 20.4 Å². The van der Waals surface area contributed by atoms with E-state index in [9.17, 15) is 10.1 Å². The van der Waals surface area contributed by atoms with Crippen molar-refractivity contribution in [1.82, 2.24) is 4.68 Å². The van der Waals surface area contributed by atoms with Gasteiger partial charge >= 0.3 is 0 Å². The van der Waals surface area contributed by atoms with E-state index in [1.807, 2.05) is 30.7 Å². The monoisotopic (exact) mass is 323 g/mol. The van der Waals surface area contributed by atoms with Crippen molar-refractivity contribution in [3.8, 4) is 0 Å². The quantitative estimate of drug-likeness (QED) is 0.691. The molecule has 0 amide bonds. The molecule has 1 N–H and O–H groups in total. The number of nitro groups is 1. The van der Waals surface area contributed by atoms with Crippen molar-refractivity contribution in [3.05, 3.63) is 61.9 Å². The van der Waals surface area contributed by atoms with Gasteiger partial charge in [-0.05, 0) is 38.1 Å². The molecule has 0 saturated heterocycles. The van der Waals surface area contributed by atoms with Crippen molar-refractivity contribution >= 4 is 21.6 Å². The fraction of sp³-hybridized carbons (Fsp3) is 0.231. The molecule has 0 radical (unpaired) electrons. The van der Waals surface area contributed by atoms with Crippen LogP contribution in [0.25, 0.3) is 0 Å². The molecular formula is C13H14BrN3O2. The minimum Gasteiger partial charge on any atom is -0.321 e. The average Bonchev–Trinajstić information content (AvgIpc) is 2.66. The van der Waals surface area contributed by atoms with E-state index in [4.69, 9.17) is 0 Å². The average molecular weight is 324 g/mol. The summed E-state index contributed by atoms with van der Waals surface area (Å²) in [6.07, 6.45) is 0. The second-order valence-corrected chi connectivity index (χ2v) is 5.23. The van der Waals surface area contributed by atoms with Crippen LogP contribution in [0.3, 0.4) is 0 Å². The summed E-state index contributed by atoms with van der Waals surface area (Å²) >= 11 is 3.34. The highest BCUT2D eigenvalue weighted by Crippen LogP contribution is 2.23. The molecule has 0 spiro atoms. The number of hydrogen-bond donors (Lipinski definition) is 1. The molecule has 1 aromatic heterocycles. The lowest BCUT2D eigenvalue weighted by Crippen LogP contribution is -2.17. The molecule has 0 aliphatic rings. The highest BCUT2D eigenvalue weighted by atomic mass is 79.9. The number of aryl methyl sites for hydroxylation is 2. The topological polar surface area (TPSA) is 60.1 Å². The lowest BCUT2D eigenvalue weighted by atomic mass is 10.2. The minimum atomic E-state index is -0.362. The first-order chi connectivity index (χ1) is 8.99. The van der Waals surface area contributed by atoms with Crippen molar-refractivity contribution in [2.24, 2.45) is 0 Å². The van der Waals surface area contributed by atoms with E-state index in [1.54, 1.807) is 12.1 Å². The van der Waals surface area contributed by atoms with Crippen molar-refractivity contribution in [2.75, 3.05) is 5.43 Å². The molecule has 100 valence electrons. The standard InChI is InChI=1S/C13H14BrN3O2/c1-9-3-4-10(2)16(9)15-8-11-7-12(14)5-6-13(11)17(18)19/h3-7,15H,8H2,1-2H3. The van der Waals surface area contributed by atoms with Gasteiger partial charge in [-0.15, -0.1) is 0 Å². The highest BCUT2D eigenvalue weighted by Gasteiger charge is 2.13. The maximum Gasteiger partial charge on any atom is 0.274 e. The normalized spacial score (nSPS) is 10.5. The smallest absolute Gasteiger partial charge is 0.274 e. The fourth-order valence-electron chi connectivity index (χ4n) is 1.96. The summed E-state index contributed by atoms with van der Waals surface area (Å²) in [5, 5.41) is 11.0. The highest BCUT2D eigenvalue weighted by molar-refractivity contribution is 9.10. The predicted octanol–water partition coefficient (Wildman–Crippen LogP) is 3.52. The van der Waals surface area contributed by atoms with Crippen LogP contribution in [0, 0.1) is 24.0 Å². The molecular weight excluding hydrogens is 310 g/mol. The molecule has 0 unspecified atom stereocenters. The van der Waals surface area contributed by atoms with Gasteiger partial charge in [-0.3, -0.25) is 14.8 Å². The van der Waals surface area contributed by atoms with Crippen LogP contribution < -0.4 is 5.43 Å². The molecule has 5 nitrogen and oxygen atoms in total. The third kappa shape index (κ3) is 2.96. The third-order valence-electron chi connectivity index (χ3n) is 2.94. The predicted molar refractivity (Wildman–Crippen MR) is 77.8 cm³/mol. The van der Waals surface area contributed by atoms with Crippen molar-refractivity contribution < 1.29 is 4.92 Å². The van der Waals surface area contributed by atoms with Gasteiger partial charge in [0, 0.05) is 21.9 Å². The van der Waals surface area contributed by atoms with Crippen LogP contribution in [0.4, 0.5) is 5.69 Å². The van der Waals surface area contributed by atoms with Gasteiger partial charge in [0.15, 0.2) is 0 Å². The number of nitrogens with zero attached hydrogens (tertiary/aromatic N) is 2. The molecule has 0 atom stereocenters. The molecule has 1 heterocycles. The van der Waals surface area contributed by atoms with Crippen LogP contribution >= 0.6 is 15.9 Å². The van der Waals surface area contributed by atoms with Gasteiger partial charge < -0.3 is 5.43 Å². The van der Waals surface area contributed by atoms with E-state index in [2.05, 4.69) is 21.4 Å². The van der Waals surface area contributed by atoms with Gasteiger partial charge in [0.25, 0.3) is 5.69 Å². The van der Waals surface area contributed by atoms with Crippen LogP contribution in [0.15, 0.2) is 34.8 Å². The zero-order chi connectivity index (χ0) is 14.0. The fourth-order valence-corrected chi connectivity index (χ4v) is 2.36. The molecule has 0 saturated carbocycles. The number of benzene rings is 1. The molecule has 6 heteroatoms. The molecule has 2 rings (SSSR count). The second-order valence-electron chi connectivity index (χ2n) is 4.32. The van der Waals surface area contributed by atoms with Crippen LogP contribution in [0.2, 0.25) is 0 Å².